The van der Waals surface area contributed by atoms with Gasteiger partial charge < -0.3 is 14.4 Å². The monoisotopic (exact) mass is 307 g/mol. The van der Waals surface area contributed by atoms with E-state index in [1.54, 1.807) is 13.0 Å². The topological polar surface area (TPSA) is 71.6 Å². The van der Waals surface area contributed by atoms with Crippen molar-refractivity contribution in [2.24, 2.45) is 0 Å². The Hall–Kier alpha value is -1.99. The molecule has 1 saturated heterocycles. The van der Waals surface area contributed by atoms with Crippen LogP contribution in [0.4, 0.5) is 4.39 Å². The maximum absolute atomic E-state index is 13.8. The molecule has 0 radical (unpaired) electrons. The zero-order chi connectivity index (χ0) is 15.7. The molecule has 0 amide bonds. The number of aliphatic hydroxyl groups is 1. The second kappa shape index (κ2) is 6.02. The molecular formula is C15H18FN3O3. The summed E-state index contributed by atoms with van der Waals surface area (Å²) in [5.41, 5.74) is 0.800. The summed E-state index contributed by atoms with van der Waals surface area (Å²) in [6.45, 7) is 2.73. The molecule has 2 heterocycles. The highest BCUT2D eigenvalue weighted by molar-refractivity contribution is 5.29. The van der Waals surface area contributed by atoms with E-state index in [9.17, 15) is 9.50 Å². The van der Waals surface area contributed by atoms with Gasteiger partial charge in [-0.25, -0.2) is 4.39 Å². The molecule has 1 aliphatic rings. The lowest BCUT2D eigenvalue weighted by atomic mass is 10.1. The summed E-state index contributed by atoms with van der Waals surface area (Å²) >= 11 is 0. The van der Waals surface area contributed by atoms with E-state index in [0.29, 0.717) is 31.2 Å². The summed E-state index contributed by atoms with van der Waals surface area (Å²) in [5.74, 6) is 0.870. The zero-order valence-corrected chi connectivity index (χ0v) is 12.5. The van der Waals surface area contributed by atoms with Gasteiger partial charge in [-0.15, -0.1) is 0 Å². The normalized spacial score (nSPS) is 22.2. The van der Waals surface area contributed by atoms with Crippen molar-refractivity contribution in [3.63, 3.8) is 0 Å². The van der Waals surface area contributed by atoms with Crippen LogP contribution in [0.1, 0.15) is 29.7 Å². The fourth-order valence-electron chi connectivity index (χ4n) is 2.80. The van der Waals surface area contributed by atoms with Gasteiger partial charge >= 0.3 is 0 Å². The number of halogens is 1. The molecule has 0 unspecified atom stereocenters. The molecule has 2 aromatic rings. The van der Waals surface area contributed by atoms with Gasteiger partial charge in [0.05, 0.1) is 19.3 Å². The summed E-state index contributed by atoms with van der Waals surface area (Å²) in [7, 11) is 1.43. The van der Waals surface area contributed by atoms with E-state index in [1.807, 2.05) is 11.0 Å². The van der Waals surface area contributed by atoms with Crippen molar-refractivity contribution in [1.29, 1.82) is 0 Å². The van der Waals surface area contributed by atoms with Gasteiger partial charge in [-0.05, 0) is 31.0 Å². The van der Waals surface area contributed by atoms with E-state index in [2.05, 4.69) is 10.1 Å². The summed E-state index contributed by atoms with van der Waals surface area (Å²) in [5, 5.41) is 13.7. The molecule has 6 nitrogen and oxygen atoms in total. The Morgan fingerprint density at radius 3 is 2.95 bits per heavy atom. The number of nitrogens with zero attached hydrogens (tertiary/aromatic N) is 3. The lowest BCUT2D eigenvalue weighted by molar-refractivity contribution is 0.169. The first-order valence-corrected chi connectivity index (χ1v) is 7.11. The predicted octanol–water partition coefficient (Wildman–Crippen LogP) is 1.83. The minimum atomic E-state index is -0.458. The maximum atomic E-state index is 13.8. The van der Waals surface area contributed by atoms with Crippen molar-refractivity contribution in [3.8, 4) is 5.75 Å². The second-order valence-corrected chi connectivity index (χ2v) is 5.48. The molecule has 1 aliphatic heterocycles. The number of methoxy groups -OCH3 is 1. The van der Waals surface area contributed by atoms with E-state index in [0.717, 1.165) is 5.56 Å². The van der Waals surface area contributed by atoms with Crippen LogP contribution in [-0.2, 0) is 6.54 Å². The lowest BCUT2D eigenvalue weighted by Crippen LogP contribution is -2.24. The zero-order valence-electron chi connectivity index (χ0n) is 12.5. The number of aliphatic hydroxyl groups excluding tert-OH is 1. The van der Waals surface area contributed by atoms with Gasteiger partial charge in [0.1, 0.15) is 0 Å². The minimum absolute atomic E-state index is 0.152. The van der Waals surface area contributed by atoms with Gasteiger partial charge in [0.15, 0.2) is 17.4 Å². The van der Waals surface area contributed by atoms with Crippen LogP contribution in [0.5, 0.6) is 5.75 Å². The lowest BCUT2D eigenvalue weighted by Gasteiger charge is -2.21. The molecule has 1 fully saturated rings. The number of β-amino-alcohol motifs (C(OH)–C–C–N with tert-alkyl or cyclic N) is 1. The SMILES string of the molecule is COc1ccc(CN2C[C@H](O)C[C@@H]2c2nc(C)no2)cc1F. The minimum Gasteiger partial charge on any atom is -0.494 e. The smallest absolute Gasteiger partial charge is 0.244 e. The highest BCUT2D eigenvalue weighted by Crippen LogP contribution is 2.33. The fraction of sp³-hybridized carbons (Fsp3) is 0.467. The molecule has 0 saturated carbocycles. The van der Waals surface area contributed by atoms with Crippen LogP contribution in [0, 0.1) is 12.7 Å². The molecule has 22 heavy (non-hydrogen) atoms. The Kier molecular flexibility index (Phi) is 4.08. The Morgan fingerprint density at radius 2 is 2.32 bits per heavy atom. The average Bonchev–Trinajstić information content (AvgIpc) is 3.05. The Balaban J connectivity index is 1.79. The number of ether oxygens (including phenoxy) is 1. The van der Waals surface area contributed by atoms with Crippen LogP contribution < -0.4 is 4.74 Å². The van der Waals surface area contributed by atoms with E-state index in [-0.39, 0.29) is 11.8 Å². The first-order chi connectivity index (χ1) is 10.6. The van der Waals surface area contributed by atoms with Crippen LogP contribution >= 0.6 is 0 Å². The summed E-state index contributed by atoms with van der Waals surface area (Å²) < 4.78 is 23.9. The van der Waals surface area contributed by atoms with E-state index < -0.39 is 11.9 Å². The summed E-state index contributed by atoms with van der Waals surface area (Å²) in [4.78, 5) is 6.25. The number of likely N-dealkylation sites (tertiary alicyclic amines) is 1. The van der Waals surface area contributed by atoms with Crippen molar-refractivity contribution >= 4 is 0 Å². The Morgan fingerprint density at radius 1 is 1.50 bits per heavy atom. The predicted molar refractivity (Wildman–Crippen MR) is 75.8 cm³/mol. The van der Waals surface area contributed by atoms with Crippen molar-refractivity contribution in [2.75, 3.05) is 13.7 Å². The van der Waals surface area contributed by atoms with Crippen molar-refractivity contribution in [3.05, 3.63) is 41.3 Å². The number of aryl methyl sites for hydroxylation is 1. The van der Waals surface area contributed by atoms with Crippen LogP contribution in [0.3, 0.4) is 0 Å². The highest BCUT2D eigenvalue weighted by atomic mass is 19.1. The number of hydrogen-bond donors (Lipinski definition) is 1. The molecule has 118 valence electrons. The molecule has 3 rings (SSSR count). The molecule has 1 aromatic heterocycles. The highest BCUT2D eigenvalue weighted by Gasteiger charge is 2.35. The van der Waals surface area contributed by atoms with E-state index in [1.165, 1.54) is 13.2 Å². The number of rotatable bonds is 4. The van der Waals surface area contributed by atoms with Crippen molar-refractivity contribution < 1.29 is 18.8 Å². The van der Waals surface area contributed by atoms with Gasteiger partial charge in [-0.1, -0.05) is 11.2 Å². The Labute approximate surface area is 127 Å². The van der Waals surface area contributed by atoms with E-state index >= 15 is 0 Å². The molecule has 0 aliphatic carbocycles. The summed E-state index contributed by atoms with van der Waals surface area (Å²) in [6.07, 6.45) is 0.0700. The third kappa shape index (κ3) is 2.95. The van der Waals surface area contributed by atoms with Crippen molar-refractivity contribution in [1.82, 2.24) is 15.0 Å². The second-order valence-electron chi connectivity index (χ2n) is 5.48. The number of benzene rings is 1. The van der Waals surface area contributed by atoms with Gasteiger partial charge in [-0.3, -0.25) is 4.90 Å². The van der Waals surface area contributed by atoms with E-state index in [4.69, 9.17) is 9.26 Å². The largest absolute Gasteiger partial charge is 0.494 e. The van der Waals surface area contributed by atoms with Gasteiger partial charge in [0.25, 0.3) is 0 Å². The number of aromatic nitrogens is 2. The van der Waals surface area contributed by atoms with Crippen LogP contribution in [0.15, 0.2) is 22.7 Å². The van der Waals surface area contributed by atoms with Gasteiger partial charge in [-0.2, -0.15) is 4.98 Å². The molecule has 0 spiro atoms. The van der Waals surface area contributed by atoms with Crippen LogP contribution in [-0.4, -0.2) is 39.9 Å². The molecule has 2 atom stereocenters. The third-order valence-corrected chi connectivity index (χ3v) is 3.81. The number of hydrogen-bond acceptors (Lipinski definition) is 6. The Bertz CT molecular complexity index is 661. The molecule has 1 N–H and O–H groups in total. The van der Waals surface area contributed by atoms with Crippen molar-refractivity contribution in [2.45, 2.75) is 32.0 Å². The quantitative estimate of drug-likeness (QED) is 0.929. The third-order valence-electron chi connectivity index (χ3n) is 3.81. The molecule has 7 heteroatoms. The van der Waals surface area contributed by atoms with Crippen LogP contribution in [0.25, 0.3) is 0 Å². The van der Waals surface area contributed by atoms with Crippen LogP contribution in [0.2, 0.25) is 0 Å². The summed E-state index contributed by atoms with van der Waals surface area (Å²) in [6, 6.07) is 4.70. The first-order valence-electron chi connectivity index (χ1n) is 7.11. The van der Waals surface area contributed by atoms with Gasteiger partial charge in [0, 0.05) is 13.1 Å². The molecule has 0 bridgehead atoms. The fourth-order valence-corrected chi connectivity index (χ4v) is 2.80. The maximum Gasteiger partial charge on any atom is 0.244 e. The average molecular weight is 307 g/mol. The first kappa shape index (κ1) is 14.9. The molecule has 1 aromatic carbocycles. The standard InChI is InChI=1S/C15H18FN3O3/c1-9-17-15(22-18-9)13-6-11(20)8-19(13)7-10-3-4-14(21-2)12(16)5-10/h3-5,11,13,20H,6-8H2,1-2H3/t11-,13-/m1/s1. The van der Waals surface area contributed by atoms with Gasteiger partial charge in [0.2, 0.25) is 5.89 Å². The molecular weight excluding hydrogens is 289 g/mol.